The lowest BCUT2D eigenvalue weighted by Gasteiger charge is -2.32. The maximum absolute atomic E-state index is 10.4. The quantitative estimate of drug-likeness (QED) is 0.923. The zero-order valence-electron chi connectivity index (χ0n) is 12.6. The van der Waals surface area contributed by atoms with Gasteiger partial charge in [0.05, 0.1) is 0 Å². The molecule has 3 rings (SSSR count). The van der Waals surface area contributed by atoms with E-state index in [1.807, 2.05) is 12.1 Å². The monoisotopic (exact) mass is 279 g/mol. The Labute approximate surface area is 126 Å². The van der Waals surface area contributed by atoms with E-state index < -0.39 is 0 Å². The van der Waals surface area contributed by atoms with Crippen molar-refractivity contribution < 1.29 is 5.11 Å². The molecule has 1 N–H and O–H groups in total. The summed E-state index contributed by atoms with van der Waals surface area (Å²) >= 11 is 0. The third kappa shape index (κ3) is 2.36. The van der Waals surface area contributed by atoms with Crippen LogP contribution in [0.4, 0.5) is 0 Å². The van der Waals surface area contributed by atoms with Gasteiger partial charge in [-0.05, 0) is 44.3 Å². The summed E-state index contributed by atoms with van der Waals surface area (Å²) in [5.41, 5.74) is 3.17. The molecule has 1 unspecified atom stereocenters. The number of allylic oxidation sites excluding steroid dienone is 1. The van der Waals surface area contributed by atoms with Crippen molar-refractivity contribution in [3.8, 4) is 5.75 Å². The summed E-state index contributed by atoms with van der Waals surface area (Å²) in [5, 5.41) is 10.4. The molecule has 2 heteroatoms. The normalized spacial score (nSPS) is 20.0. The van der Waals surface area contributed by atoms with Crippen LogP contribution in [0.15, 0.2) is 54.6 Å². The molecule has 1 aliphatic rings. The Kier molecular flexibility index (Phi) is 3.56. The molecule has 108 valence electrons. The SMILES string of the molecule is CN(C)CCC1(c2ccccc2)C=Cc2cccc(O)c21. The van der Waals surface area contributed by atoms with Crippen molar-refractivity contribution in [2.75, 3.05) is 20.6 Å². The fourth-order valence-corrected chi connectivity index (χ4v) is 3.23. The smallest absolute Gasteiger partial charge is 0.120 e. The van der Waals surface area contributed by atoms with Gasteiger partial charge < -0.3 is 10.0 Å². The summed E-state index contributed by atoms with van der Waals surface area (Å²) < 4.78 is 0. The average Bonchev–Trinajstić information content (AvgIpc) is 2.88. The Hall–Kier alpha value is -2.06. The summed E-state index contributed by atoms with van der Waals surface area (Å²) in [6, 6.07) is 16.3. The van der Waals surface area contributed by atoms with Crippen LogP contribution >= 0.6 is 0 Å². The van der Waals surface area contributed by atoms with Crippen molar-refractivity contribution in [2.45, 2.75) is 11.8 Å². The zero-order valence-corrected chi connectivity index (χ0v) is 12.6. The number of fused-ring (bicyclic) bond motifs is 1. The van der Waals surface area contributed by atoms with Crippen molar-refractivity contribution in [3.63, 3.8) is 0 Å². The second-order valence-electron chi connectivity index (χ2n) is 5.97. The molecule has 0 amide bonds. The predicted molar refractivity (Wildman–Crippen MR) is 87.5 cm³/mol. The van der Waals surface area contributed by atoms with Gasteiger partial charge in [-0.2, -0.15) is 0 Å². The fourth-order valence-electron chi connectivity index (χ4n) is 3.23. The Morgan fingerprint density at radius 1 is 1.00 bits per heavy atom. The van der Waals surface area contributed by atoms with Crippen LogP contribution in [-0.2, 0) is 5.41 Å². The first-order valence-corrected chi connectivity index (χ1v) is 7.35. The third-order valence-electron chi connectivity index (χ3n) is 4.31. The first kappa shape index (κ1) is 13.9. The molecule has 2 aromatic carbocycles. The number of aromatic hydroxyl groups is 1. The van der Waals surface area contributed by atoms with Crippen molar-refractivity contribution in [1.82, 2.24) is 4.90 Å². The van der Waals surface area contributed by atoms with E-state index in [4.69, 9.17) is 0 Å². The molecule has 2 nitrogen and oxygen atoms in total. The number of hydrogen-bond acceptors (Lipinski definition) is 2. The zero-order chi connectivity index (χ0) is 14.9. The van der Waals surface area contributed by atoms with Crippen LogP contribution in [0, 0.1) is 0 Å². The van der Waals surface area contributed by atoms with Crippen LogP contribution in [0.5, 0.6) is 5.75 Å². The van der Waals surface area contributed by atoms with Gasteiger partial charge in [0.15, 0.2) is 0 Å². The van der Waals surface area contributed by atoms with Crippen LogP contribution < -0.4 is 0 Å². The van der Waals surface area contributed by atoms with E-state index in [2.05, 4.69) is 61.5 Å². The Bertz CT molecular complexity index is 661. The van der Waals surface area contributed by atoms with Gasteiger partial charge in [-0.1, -0.05) is 54.6 Å². The molecule has 1 atom stereocenters. The van der Waals surface area contributed by atoms with E-state index in [-0.39, 0.29) is 5.41 Å². The van der Waals surface area contributed by atoms with E-state index in [1.54, 1.807) is 6.07 Å². The van der Waals surface area contributed by atoms with Gasteiger partial charge in [-0.15, -0.1) is 0 Å². The molecule has 0 bridgehead atoms. The van der Waals surface area contributed by atoms with E-state index in [0.717, 1.165) is 24.1 Å². The first-order valence-electron chi connectivity index (χ1n) is 7.35. The highest BCUT2D eigenvalue weighted by Gasteiger charge is 2.38. The second-order valence-corrected chi connectivity index (χ2v) is 5.97. The number of phenolic OH excluding ortho intramolecular Hbond substituents is 1. The molecule has 0 spiro atoms. The molecule has 0 fully saturated rings. The molecule has 1 aliphatic carbocycles. The number of rotatable bonds is 4. The Morgan fingerprint density at radius 3 is 2.48 bits per heavy atom. The van der Waals surface area contributed by atoms with Gasteiger partial charge in [0, 0.05) is 11.0 Å². The van der Waals surface area contributed by atoms with Crippen LogP contribution in [0.25, 0.3) is 6.08 Å². The lowest BCUT2D eigenvalue weighted by atomic mass is 9.73. The van der Waals surface area contributed by atoms with Crippen LogP contribution in [0.3, 0.4) is 0 Å². The molecule has 0 radical (unpaired) electrons. The number of phenols is 1. The van der Waals surface area contributed by atoms with Crippen LogP contribution in [0.1, 0.15) is 23.1 Å². The summed E-state index contributed by atoms with van der Waals surface area (Å²) in [6.07, 6.45) is 5.33. The van der Waals surface area contributed by atoms with Gasteiger partial charge in [-0.25, -0.2) is 0 Å². The number of benzene rings is 2. The number of hydrogen-bond donors (Lipinski definition) is 1. The van der Waals surface area contributed by atoms with Gasteiger partial charge in [-0.3, -0.25) is 0 Å². The van der Waals surface area contributed by atoms with Gasteiger partial charge in [0.2, 0.25) is 0 Å². The van der Waals surface area contributed by atoms with Crippen LogP contribution in [-0.4, -0.2) is 30.6 Å². The van der Waals surface area contributed by atoms with Crippen molar-refractivity contribution in [1.29, 1.82) is 0 Å². The van der Waals surface area contributed by atoms with Crippen molar-refractivity contribution in [3.05, 3.63) is 71.3 Å². The van der Waals surface area contributed by atoms with E-state index in [1.165, 1.54) is 5.56 Å². The Balaban J connectivity index is 2.15. The summed E-state index contributed by atoms with van der Waals surface area (Å²) in [4.78, 5) is 2.19. The molecule has 21 heavy (non-hydrogen) atoms. The highest BCUT2D eigenvalue weighted by Crippen LogP contribution is 2.47. The lowest BCUT2D eigenvalue weighted by molar-refractivity contribution is 0.364. The highest BCUT2D eigenvalue weighted by atomic mass is 16.3. The van der Waals surface area contributed by atoms with E-state index in [0.29, 0.717) is 5.75 Å². The third-order valence-corrected chi connectivity index (χ3v) is 4.31. The molecule has 0 saturated carbocycles. The Morgan fingerprint density at radius 2 is 1.76 bits per heavy atom. The minimum atomic E-state index is -0.230. The standard InChI is InChI=1S/C19H21NO/c1-20(2)14-13-19(16-8-4-3-5-9-16)12-11-15-7-6-10-17(21)18(15)19/h3-12,21H,13-14H2,1-2H3. The summed E-state index contributed by atoms with van der Waals surface area (Å²) in [5.74, 6) is 0.389. The predicted octanol–water partition coefficient (Wildman–Crippen LogP) is 3.66. The minimum absolute atomic E-state index is 0.230. The van der Waals surface area contributed by atoms with Crippen molar-refractivity contribution >= 4 is 6.08 Å². The second kappa shape index (κ2) is 5.38. The van der Waals surface area contributed by atoms with E-state index >= 15 is 0 Å². The average molecular weight is 279 g/mol. The fraction of sp³-hybridized carbons (Fsp3) is 0.263. The van der Waals surface area contributed by atoms with Gasteiger partial charge >= 0.3 is 0 Å². The first-order chi connectivity index (χ1) is 10.1. The maximum Gasteiger partial charge on any atom is 0.120 e. The lowest BCUT2D eigenvalue weighted by Crippen LogP contribution is -2.29. The van der Waals surface area contributed by atoms with Gasteiger partial charge in [0.1, 0.15) is 5.75 Å². The van der Waals surface area contributed by atoms with Crippen LogP contribution in [0.2, 0.25) is 0 Å². The highest BCUT2D eigenvalue weighted by molar-refractivity contribution is 5.72. The van der Waals surface area contributed by atoms with Gasteiger partial charge in [0.25, 0.3) is 0 Å². The molecule has 0 heterocycles. The minimum Gasteiger partial charge on any atom is -0.508 e. The molecule has 2 aromatic rings. The molecular weight excluding hydrogens is 258 g/mol. The largest absolute Gasteiger partial charge is 0.508 e. The van der Waals surface area contributed by atoms with Crippen molar-refractivity contribution in [2.24, 2.45) is 0 Å². The molecule has 0 saturated heterocycles. The summed E-state index contributed by atoms with van der Waals surface area (Å²) in [6.45, 7) is 0.965. The maximum atomic E-state index is 10.4. The molecule has 0 aliphatic heterocycles. The topological polar surface area (TPSA) is 23.5 Å². The molecular formula is C19H21NO. The number of nitrogens with zero attached hydrogens (tertiary/aromatic N) is 1. The van der Waals surface area contributed by atoms with E-state index in [9.17, 15) is 5.11 Å². The molecule has 0 aromatic heterocycles. The summed E-state index contributed by atoms with van der Waals surface area (Å²) in [7, 11) is 4.17.